The fraction of sp³-hybridized carbons (Fsp3) is 0.625. The standard InChI is InChI=1S/C24H39NO5S/c1-17(2)8-6-9-18(3)10-7-11-19(4)12-13-31-16-22(24(29)30)25-23(28)21(15-26)14-20(5)27/h8,10,12,21-22,26H,6-7,9,11,13-16H2,1-5H3,(H,25,28)(H,29,30)/b18-10+,19-12+/t21?,22-/m0/s1. The van der Waals surface area contributed by atoms with Crippen LogP contribution in [-0.4, -0.2) is 52.0 Å². The van der Waals surface area contributed by atoms with E-state index in [-0.39, 0.29) is 18.0 Å². The summed E-state index contributed by atoms with van der Waals surface area (Å²) >= 11 is 1.42. The number of carbonyl (C=O) groups is 3. The highest BCUT2D eigenvalue weighted by atomic mass is 32.2. The highest BCUT2D eigenvalue weighted by Gasteiger charge is 2.25. The number of aliphatic carboxylic acids is 1. The number of Topliss-reactive ketones (excluding diaryl/α,β-unsaturated/α-hetero) is 1. The van der Waals surface area contributed by atoms with E-state index in [1.165, 1.54) is 35.4 Å². The van der Waals surface area contributed by atoms with Crippen molar-refractivity contribution < 1.29 is 24.6 Å². The molecule has 1 unspecified atom stereocenters. The predicted molar refractivity (Wildman–Crippen MR) is 128 cm³/mol. The van der Waals surface area contributed by atoms with Gasteiger partial charge in [-0.15, -0.1) is 0 Å². The van der Waals surface area contributed by atoms with Gasteiger partial charge in [0.25, 0.3) is 0 Å². The van der Waals surface area contributed by atoms with Gasteiger partial charge < -0.3 is 20.3 Å². The zero-order valence-electron chi connectivity index (χ0n) is 19.6. The maximum Gasteiger partial charge on any atom is 0.327 e. The summed E-state index contributed by atoms with van der Waals surface area (Å²) in [7, 11) is 0. The number of allylic oxidation sites excluding steroid dienone is 5. The maximum absolute atomic E-state index is 12.1. The van der Waals surface area contributed by atoms with E-state index in [1.807, 2.05) is 0 Å². The molecule has 0 fully saturated rings. The Bertz CT molecular complexity index is 677. The number of carbonyl (C=O) groups excluding carboxylic acids is 2. The number of rotatable bonds is 16. The summed E-state index contributed by atoms with van der Waals surface area (Å²) in [4.78, 5) is 34.7. The number of carboxylic acid groups (broad SMARTS) is 1. The molecule has 0 aromatic carbocycles. The van der Waals surface area contributed by atoms with Crippen LogP contribution in [0.3, 0.4) is 0 Å². The van der Waals surface area contributed by atoms with Crippen molar-refractivity contribution >= 4 is 29.4 Å². The van der Waals surface area contributed by atoms with E-state index in [1.54, 1.807) is 0 Å². The Morgan fingerprint density at radius 2 is 1.52 bits per heavy atom. The average molecular weight is 454 g/mol. The SMILES string of the molecule is CC(=O)CC(CO)C(=O)N[C@@H](CSC/C=C(\C)CC/C=C(\C)CCC=C(C)C)C(=O)O. The predicted octanol–water partition coefficient (Wildman–Crippen LogP) is 4.30. The summed E-state index contributed by atoms with van der Waals surface area (Å²) in [5, 5.41) is 21.0. The Balaban J connectivity index is 4.40. The minimum absolute atomic E-state index is 0.105. The molecule has 0 aromatic rings. The third kappa shape index (κ3) is 15.6. The van der Waals surface area contributed by atoms with E-state index in [4.69, 9.17) is 0 Å². The molecular formula is C24H39NO5S. The number of aliphatic hydroxyl groups is 1. The Morgan fingerprint density at radius 1 is 0.935 bits per heavy atom. The molecule has 0 aliphatic carbocycles. The monoisotopic (exact) mass is 453 g/mol. The summed E-state index contributed by atoms with van der Waals surface area (Å²) in [6, 6.07) is -1.06. The van der Waals surface area contributed by atoms with Crippen molar-refractivity contribution in [3.05, 3.63) is 34.9 Å². The Kier molecular flexibility index (Phi) is 15.8. The second-order valence-corrected chi connectivity index (χ2v) is 9.26. The fourth-order valence-corrected chi connectivity index (χ4v) is 3.78. The normalized spacial score (nSPS) is 14.0. The van der Waals surface area contributed by atoms with Crippen LogP contribution in [0.2, 0.25) is 0 Å². The Morgan fingerprint density at radius 3 is 2.03 bits per heavy atom. The number of aliphatic hydroxyl groups excluding tert-OH is 1. The molecule has 0 heterocycles. The van der Waals surface area contributed by atoms with E-state index in [9.17, 15) is 24.6 Å². The molecule has 0 aliphatic rings. The molecule has 3 N–H and O–H groups in total. The minimum Gasteiger partial charge on any atom is -0.480 e. The molecule has 0 aromatic heterocycles. The second kappa shape index (κ2) is 16.8. The molecule has 0 aliphatic heterocycles. The number of thioether (sulfide) groups is 1. The number of carboxylic acids is 1. The van der Waals surface area contributed by atoms with Gasteiger partial charge in [-0.25, -0.2) is 4.79 Å². The molecule has 1 amide bonds. The van der Waals surface area contributed by atoms with Crippen molar-refractivity contribution in [1.82, 2.24) is 5.32 Å². The van der Waals surface area contributed by atoms with Gasteiger partial charge >= 0.3 is 5.97 Å². The molecule has 6 nitrogen and oxygen atoms in total. The minimum atomic E-state index is -1.13. The van der Waals surface area contributed by atoms with Crippen molar-refractivity contribution in [1.29, 1.82) is 0 Å². The first-order valence-corrected chi connectivity index (χ1v) is 11.9. The molecule has 0 saturated heterocycles. The molecule has 0 bridgehead atoms. The lowest BCUT2D eigenvalue weighted by Gasteiger charge is -2.18. The molecule has 0 radical (unpaired) electrons. The first kappa shape index (κ1) is 29.1. The third-order valence-corrected chi connectivity index (χ3v) is 5.67. The lowest BCUT2D eigenvalue weighted by molar-refractivity contribution is -0.142. The number of nitrogens with one attached hydrogen (secondary N) is 1. The molecule has 0 rings (SSSR count). The molecule has 2 atom stereocenters. The lowest BCUT2D eigenvalue weighted by Crippen LogP contribution is -2.46. The molecular weight excluding hydrogens is 414 g/mol. The highest BCUT2D eigenvalue weighted by molar-refractivity contribution is 7.99. The molecule has 31 heavy (non-hydrogen) atoms. The number of hydrogen-bond acceptors (Lipinski definition) is 5. The van der Waals surface area contributed by atoms with E-state index in [2.05, 4.69) is 51.2 Å². The van der Waals surface area contributed by atoms with Crippen LogP contribution in [0.15, 0.2) is 34.9 Å². The first-order valence-electron chi connectivity index (χ1n) is 10.7. The fourth-order valence-electron chi connectivity index (χ4n) is 2.78. The number of hydrogen-bond donors (Lipinski definition) is 3. The van der Waals surface area contributed by atoms with Crippen molar-refractivity contribution in [2.24, 2.45) is 5.92 Å². The summed E-state index contributed by atoms with van der Waals surface area (Å²) in [6.07, 6.45) is 10.6. The van der Waals surface area contributed by atoms with Crippen molar-refractivity contribution in [3.8, 4) is 0 Å². The summed E-state index contributed by atoms with van der Waals surface area (Å²) in [5.41, 5.74) is 3.99. The van der Waals surface area contributed by atoms with Crippen molar-refractivity contribution in [3.63, 3.8) is 0 Å². The van der Waals surface area contributed by atoms with Crippen LogP contribution in [0.25, 0.3) is 0 Å². The van der Waals surface area contributed by atoms with Gasteiger partial charge in [0, 0.05) is 17.9 Å². The summed E-state index contributed by atoms with van der Waals surface area (Å²) in [6.45, 7) is 9.28. The zero-order chi connectivity index (χ0) is 23.8. The average Bonchev–Trinajstić information content (AvgIpc) is 2.67. The first-order chi connectivity index (χ1) is 14.6. The van der Waals surface area contributed by atoms with E-state index in [0.717, 1.165) is 25.7 Å². The van der Waals surface area contributed by atoms with Gasteiger partial charge in [0.15, 0.2) is 0 Å². The van der Waals surface area contributed by atoms with Crippen molar-refractivity contribution in [2.45, 2.75) is 72.8 Å². The van der Waals surface area contributed by atoms with Crippen LogP contribution in [0, 0.1) is 5.92 Å². The van der Waals surface area contributed by atoms with Crippen LogP contribution < -0.4 is 5.32 Å². The van der Waals surface area contributed by atoms with Crippen LogP contribution in [0.4, 0.5) is 0 Å². The van der Waals surface area contributed by atoms with Crippen LogP contribution in [0.5, 0.6) is 0 Å². The number of ketones is 1. The topological polar surface area (TPSA) is 104 Å². The van der Waals surface area contributed by atoms with Gasteiger partial charge in [0.1, 0.15) is 11.8 Å². The zero-order valence-corrected chi connectivity index (χ0v) is 20.4. The van der Waals surface area contributed by atoms with E-state index >= 15 is 0 Å². The van der Waals surface area contributed by atoms with Gasteiger partial charge in [0.05, 0.1) is 12.5 Å². The number of amides is 1. The lowest BCUT2D eigenvalue weighted by atomic mass is 10.0. The van der Waals surface area contributed by atoms with Gasteiger partial charge in [-0.3, -0.25) is 4.79 Å². The molecule has 7 heteroatoms. The molecule has 0 saturated carbocycles. The smallest absolute Gasteiger partial charge is 0.327 e. The Hall–Kier alpha value is -1.86. The summed E-state index contributed by atoms with van der Waals surface area (Å²) < 4.78 is 0. The molecule has 176 valence electrons. The van der Waals surface area contributed by atoms with E-state index < -0.39 is 30.4 Å². The largest absolute Gasteiger partial charge is 0.480 e. The maximum atomic E-state index is 12.1. The molecule has 0 spiro atoms. The van der Waals surface area contributed by atoms with Crippen LogP contribution in [-0.2, 0) is 14.4 Å². The van der Waals surface area contributed by atoms with Gasteiger partial charge in [-0.05, 0) is 60.3 Å². The van der Waals surface area contributed by atoms with Gasteiger partial charge in [-0.1, -0.05) is 34.9 Å². The summed E-state index contributed by atoms with van der Waals surface area (Å²) in [5.74, 6) is -2.00. The van der Waals surface area contributed by atoms with Crippen molar-refractivity contribution in [2.75, 3.05) is 18.1 Å². The van der Waals surface area contributed by atoms with Crippen LogP contribution >= 0.6 is 11.8 Å². The quantitative estimate of drug-likeness (QED) is 0.238. The Labute approximate surface area is 191 Å². The van der Waals surface area contributed by atoms with E-state index in [0.29, 0.717) is 5.75 Å². The third-order valence-electron chi connectivity index (χ3n) is 4.70. The van der Waals surface area contributed by atoms with Gasteiger partial charge in [-0.2, -0.15) is 11.8 Å². The van der Waals surface area contributed by atoms with Crippen LogP contribution in [0.1, 0.15) is 66.7 Å². The van der Waals surface area contributed by atoms with Gasteiger partial charge in [0.2, 0.25) is 5.91 Å². The highest BCUT2D eigenvalue weighted by Crippen LogP contribution is 2.13. The second-order valence-electron chi connectivity index (χ2n) is 8.18.